The molecule has 10 heteroatoms. The summed E-state index contributed by atoms with van der Waals surface area (Å²) < 4.78 is 43.3. The lowest BCUT2D eigenvalue weighted by atomic mass is 9.97. The summed E-state index contributed by atoms with van der Waals surface area (Å²) in [7, 11) is 3.64. The van der Waals surface area contributed by atoms with Crippen LogP contribution in [0.1, 0.15) is 36.2 Å². The number of hydrogen-bond donors (Lipinski definition) is 1. The number of rotatable bonds is 4. The molecule has 1 fully saturated rings. The van der Waals surface area contributed by atoms with Gasteiger partial charge in [-0.1, -0.05) is 0 Å². The molecule has 1 N–H and O–H groups in total. The van der Waals surface area contributed by atoms with Gasteiger partial charge in [-0.05, 0) is 24.5 Å². The number of aromatic amines is 1. The van der Waals surface area contributed by atoms with E-state index < -0.39 is 11.9 Å². The van der Waals surface area contributed by atoms with Crippen molar-refractivity contribution in [2.24, 2.45) is 0 Å². The summed E-state index contributed by atoms with van der Waals surface area (Å²) >= 11 is 0. The van der Waals surface area contributed by atoms with Crippen molar-refractivity contribution in [1.29, 1.82) is 0 Å². The maximum atomic E-state index is 12.7. The van der Waals surface area contributed by atoms with Gasteiger partial charge < -0.3 is 14.4 Å². The van der Waals surface area contributed by atoms with Crippen LogP contribution in [0.2, 0.25) is 0 Å². The molecule has 0 aromatic carbocycles. The zero-order valence-electron chi connectivity index (χ0n) is 13.5. The van der Waals surface area contributed by atoms with Crippen LogP contribution in [-0.4, -0.2) is 52.2 Å². The molecule has 1 aliphatic heterocycles. The molecular formula is C14H19F3N6O. The van der Waals surface area contributed by atoms with E-state index in [-0.39, 0.29) is 5.92 Å². The molecule has 132 valence electrons. The molecule has 1 aliphatic rings. The molecule has 0 amide bonds. The topological polar surface area (TPSA) is 74.1 Å². The van der Waals surface area contributed by atoms with Crippen LogP contribution in [-0.2, 0) is 12.7 Å². The summed E-state index contributed by atoms with van der Waals surface area (Å²) in [5.74, 6) is 1.31. The minimum Gasteiger partial charge on any atom is -0.344 e. The second-order valence-corrected chi connectivity index (χ2v) is 6.14. The van der Waals surface area contributed by atoms with Crippen LogP contribution >= 0.6 is 0 Å². The van der Waals surface area contributed by atoms with Crippen molar-refractivity contribution >= 4 is 5.95 Å². The van der Waals surface area contributed by atoms with Gasteiger partial charge in [0.15, 0.2) is 0 Å². The first-order valence-electron chi connectivity index (χ1n) is 7.67. The van der Waals surface area contributed by atoms with Crippen LogP contribution in [0.4, 0.5) is 19.1 Å². The zero-order chi connectivity index (χ0) is 17.3. The van der Waals surface area contributed by atoms with Crippen molar-refractivity contribution in [3.8, 4) is 0 Å². The number of nitrogens with zero attached hydrogens (tertiary/aromatic N) is 5. The van der Waals surface area contributed by atoms with Crippen LogP contribution in [0.5, 0.6) is 0 Å². The summed E-state index contributed by atoms with van der Waals surface area (Å²) in [4.78, 5) is 14.4. The van der Waals surface area contributed by atoms with Gasteiger partial charge >= 0.3 is 6.18 Å². The predicted molar refractivity (Wildman–Crippen MR) is 79.5 cm³/mol. The number of imidazole rings is 1. The quantitative estimate of drug-likeness (QED) is 0.917. The standard InChI is InChI=1S/C14H19F3N6O/c1-22(2)13-20-11(24-21-13)8-23-5-3-4-9(7-23)12-18-6-10(19-12)14(15,16)17/h6,9H,3-5,7-8H2,1-2H3,(H,18,19)/t9-/m1/s1. The number of anilines is 1. The van der Waals surface area contributed by atoms with Crippen molar-refractivity contribution in [3.05, 3.63) is 23.6 Å². The Balaban J connectivity index is 1.64. The first-order valence-corrected chi connectivity index (χ1v) is 7.67. The molecule has 0 spiro atoms. The molecule has 0 saturated carbocycles. The largest absolute Gasteiger partial charge is 0.432 e. The van der Waals surface area contributed by atoms with Gasteiger partial charge in [0.25, 0.3) is 5.95 Å². The highest BCUT2D eigenvalue weighted by Crippen LogP contribution is 2.31. The molecule has 1 atom stereocenters. The number of piperidine rings is 1. The number of halogens is 3. The highest BCUT2D eigenvalue weighted by atomic mass is 19.4. The molecule has 2 aromatic heterocycles. The van der Waals surface area contributed by atoms with Crippen LogP contribution in [0.15, 0.2) is 10.7 Å². The normalized spacial score (nSPS) is 19.6. The Morgan fingerprint density at radius 3 is 2.83 bits per heavy atom. The van der Waals surface area contributed by atoms with E-state index in [4.69, 9.17) is 4.52 Å². The number of nitrogens with one attached hydrogen (secondary N) is 1. The average molecular weight is 344 g/mol. The van der Waals surface area contributed by atoms with E-state index in [2.05, 4.69) is 25.0 Å². The van der Waals surface area contributed by atoms with E-state index in [1.54, 1.807) is 4.90 Å². The fourth-order valence-electron chi connectivity index (χ4n) is 2.79. The third-order valence-electron chi connectivity index (χ3n) is 4.01. The van der Waals surface area contributed by atoms with Gasteiger partial charge in [0.1, 0.15) is 11.5 Å². The molecular weight excluding hydrogens is 325 g/mol. The molecule has 2 aromatic rings. The van der Waals surface area contributed by atoms with Gasteiger partial charge in [0.2, 0.25) is 5.89 Å². The lowest BCUT2D eigenvalue weighted by Crippen LogP contribution is -2.34. The van der Waals surface area contributed by atoms with Crippen LogP contribution in [0.25, 0.3) is 0 Å². The van der Waals surface area contributed by atoms with E-state index in [9.17, 15) is 13.2 Å². The maximum Gasteiger partial charge on any atom is 0.432 e. The number of aromatic nitrogens is 4. The smallest absolute Gasteiger partial charge is 0.344 e. The fourth-order valence-corrected chi connectivity index (χ4v) is 2.79. The first-order chi connectivity index (χ1) is 11.3. The number of H-pyrrole nitrogens is 1. The highest BCUT2D eigenvalue weighted by Gasteiger charge is 2.34. The van der Waals surface area contributed by atoms with E-state index in [0.29, 0.717) is 30.8 Å². The predicted octanol–water partition coefficient (Wildman–Crippen LogP) is 2.26. The number of hydrogen-bond acceptors (Lipinski definition) is 6. The minimum absolute atomic E-state index is 0.0638. The molecule has 0 bridgehead atoms. The van der Waals surface area contributed by atoms with Gasteiger partial charge in [-0.15, -0.1) is 0 Å². The summed E-state index contributed by atoms with van der Waals surface area (Å²) in [6, 6.07) is 0. The van der Waals surface area contributed by atoms with Gasteiger partial charge in [-0.2, -0.15) is 18.2 Å². The summed E-state index contributed by atoms with van der Waals surface area (Å²) in [5, 5.41) is 3.86. The Morgan fingerprint density at radius 1 is 1.42 bits per heavy atom. The van der Waals surface area contributed by atoms with Crippen molar-refractivity contribution < 1.29 is 17.7 Å². The second kappa shape index (κ2) is 6.42. The summed E-state index contributed by atoms with van der Waals surface area (Å²) in [5.41, 5.74) is -0.804. The molecule has 0 aliphatic carbocycles. The van der Waals surface area contributed by atoms with Crippen molar-refractivity contribution in [1.82, 2.24) is 25.0 Å². The Morgan fingerprint density at radius 2 is 2.21 bits per heavy atom. The fraction of sp³-hybridized carbons (Fsp3) is 0.643. The molecule has 0 radical (unpaired) electrons. The lowest BCUT2D eigenvalue weighted by molar-refractivity contribution is -0.141. The Kier molecular flexibility index (Phi) is 4.48. The molecule has 3 heterocycles. The zero-order valence-corrected chi connectivity index (χ0v) is 13.5. The highest BCUT2D eigenvalue weighted by molar-refractivity contribution is 5.23. The van der Waals surface area contributed by atoms with Gasteiger partial charge in [-0.3, -0.25) is 4.90 Å². The van der Waals surface area contributed by atoms with Crippen molar-refractivity contribution in [3.63, 3.8) is 0 Å². The second-order valence-electron chi connectivity index (χ2n) is 6.14. The summed E-state index contributed by atoms with van der Waals surface area (Å²) in [6.07, 6.45) is -1.86. The van der Waals surface area contributed by atoms with E-state index in [1.165, 1.54) is 0 Å². The van der Waals surface area contributed by atoms with E-state index in [1.807, 2.05) is 14.1 Å². The molecule has 1 saturated heterocycles. The van der Waals surface area contributed by atoms with Gasteiger partial charge in [-0.25, -0.2) is 4.98 Å². The SMILES string of the molecule is CN(C)c1noc(CN2CCC[C@@H](c3ncc(C(F)(F)F)[nH]3)C2)n1. The molecule has 24 heavy (non-hydrogen) atoms. The molecule has 7 nitrogen and oxygen atoms in total. The molecule has 3 rings (SSSR count). The Labute approximate surface area is 136 Å². The number of likely N-dealkylation sites (tertiary alicyclic amines) is 1. The minimum atomic E-state index is -4.40. The van der Waals surface area contributed by atoms with Gasteiger partial charge in [0, 0.05) is 26.6 Å². The monoisotopic (exact) mass is 344 g/mol. The van der Waals surface area contributed by atoms with E-state index >= 15 is 0 Å². The average Bonchev–Trinajstić information content (AvgIpc) is 3.16. The lowest BCUT2D eigenvalue weighted by Gasteiger charge is -2.30. The van der Waals surface area contributed by atoms with Crippen LogP contribution in [0.3, 0.4) is 0 Å². The molecule has 0 unspecified atom stereocenters. The Hall–Kier alpha value is -2.10. The maximum absolute atomic E-state index is 12.7. The summed E-state index contributed by atoms with van der Waals surface area (Å²) in [6.45, 7) is 1.91. The Bertz CT molecular complexity index is 680. The first kappa shape index (κ1) is 16.7. The van der Waals surface area contributed by atoms with E-state index in [0.717, 1.165) is 25.6 Å². The van der Waals surface area contributed by atoms with Crippen LogP contribution in [0, 0.1) is 0 Å². The van der Waals surface area contributed by atoms with Crippen LogP contribution < -0.4 is 4.90 Å². The third kappa shape index (κ3) is 3.69. The third-order valence-corrected chi connectivity index (χ3v) is 4.01. The number of alkyl halides is 3. The van der Waals surface area contributed by atoms with Crippen molar-refractivity contribution in [2.45, 2.75) is 31.5 Å². The van der Waals surface area contributed by atoms with Gasteiger partial charge in [0.05, 0.1) is 12.7 Å². The van der Waals surface area contributed by atoms with Crippen molar-refractivity contribution in [2.75, 3.05) is 32.1 Å².